The number of sulfonamides is 1. The first-order valence-electron chi connectivity index (χ1n) is 6.21. The molecule has 0 spiro atoms. The molecule has 1 N–H and O–H groups in total. The van der Waals surface area contributed by atoms with Crippen LogP contribution in [0.1, 0.15) is 26.7 Å². The summed E-state index contributed by atoms with van der Waals surface area (Å²) in [5.41, 5.74) is -0.792. The second-order valence-corrected chi connectivity index (χ2v) is 9.00. The molecule has 118 valence electrons. The monoisotopic (exact) mass is 354 g/mol. The normalized spacial score (nSPS) is 22.1. The van der Waals surface area contributed by atoms with E-state index in [9.17, 15) is 18.5 Å². The van der Waals surface area contributed by atoms with Gasteiger partial charge < -0.3 is 4.74 Å². The summed E-state index contributed by atoms with van der Waals surface area (Å²) in [6.07, 6.45) is 1.09. The van der Waals surface area contributed by atoms with Gasteiger partial charge in [-0.05, 0) is 26.7 Å². The lowest BCUT2D eigenvalue weighted by atomic mass is 9.95. The van der Waals surface area contributed by atoms with Crippen molar-refractivity contribution in [1.82, 2.24) is 4.72 Å². The molecular formula is C11H15ClN2O5S2. The first-order valence-corrected chi connectivity index (χ1v) is 8.88. The number of nitro groups is 1. The van der Waals surface area contributed by atoms with Crippen LogP contribution in [-0.2, 0) is 14.8 Å². The molecule has 1 aliphatic heterocycles. The zero-order valence-electron chi connectivity index (χ0n) is 11.5. The minimum Gasteiger partial charge on any atom is -0.375 e. The Morgan fingerprint density at radius 2 is 2.24 bits per heavy atom. The molecule has 1 aromatic heterocycles. The van der Waals surface area contributed by atoms with Gasteiger partial charge >= 0.3 is 0 Å². The van der Waals surface area contributed by atoms with Crippen molar-refractivity contribution in [3.05, 3.63) is 20.5 Å². The number of ether oxygens (including phenoxy) is 1. The molecule has 1 aromatic rings. The topological polar surface area (TPSA) is 98.5 Å². The van der Waals surface area contributed by atoms with Gasteiger partial charge in [-0.1, -0.05) is 11.6 Å². The number of thiophene rings is 1. The Labute approximate surface area is 131 Å². The molecular weight excluding hydrogens is 340 g/mol. The average Bonchev–Trinajstić information content (AvgIpc) is 2.70. The third-order valence-electron chi connectivity index (χ3n) is 3.13. The fraction of sp³-hybridized carbons (Fsp3) is 0.636. The van der Waals surface area contributed by atoms with E-state index in [1.54, 1.807) is 0 Å². The third kappa shape index (κ3) is 3.92. The fourth-order valence-electron chi connectivity index (χ4n) is 2.21. The van der Waals surface area contributed by atoms with Crippen LogP contribution in [0.25, 0.3) is 0 Å². The molecule has 0 aromatic carbocycles. The van der Waals surface area contributed by atoms with E-state index in [0.717, 1.165) is 6.07 Å². The van der Waals surface area contributed by atoms with Crippen LogP contribution in [-0.4, -0.2) is 31.6 Å². The Bertz CT molecular complexity index is 656. The number of halogens is 1. The molecule has 1 unspecified atom stereocenters. The minimum absolute atomic E-state index is 0.146. The molecule has 10 heteroatoms. The van der Waals surface area contributed by atoms with Crippen molar-refractivity contribution in [2.24, 2.45) is 0 Å². The van der Waals surface area contributed by atoms with E-state index in [1.807, 2.05) is 13.8 Å². The predicted molar refractivity (Wildman–Crippen MR) is 79.4 cm³/mol. The summed E-state index contributed by atoms with van der Waals surface area (Å²) in [7, 11) is -3.82. The lowest BCUT2D eigenvalue weighted by Gasteiger charge is -2.35. The molecule has 0 bridgehead atoms. The lowest BCUT2D eigenvalue weighted by molar-refractivity contribution is -0.384. The summed E-state index contributed by atoms with van der Waals surface area (Å²) in [5, 5.41) is 10.7. The highest BCUT2D eigenvalue weighted by atomic mass is 35.5. The van der Waals surface area contributed by atoms with E-state index in [0.29, 0.717) is 30.8 Å². The zero-order valence-corrected chi connectivity index (χ0v) is 13.8. The summed E-state index contributed by atoms with van der Waals surface area (Å²) in [6, 6.07) is 0.721. The predicted octanol–water partition coefficient (Wildman–Crippen LogP) is 2.55. The van der Waals surface area contributed by atoms with Crippen LogP contribution in [0.3, 0.4) is 0 Å². The molecule has 0 amide bonds. The second-order valence-electron chi connectivity index (χ2n) is 5.40. The van der Waals surface area contributed by atoms with Crippen molar-refractivity contribution in [1.29, 1.82) is 0 Å². The summed E-state index contributed by atoms with van der Waals surface area (Å²) in [4.78, 5) is 10.0. The summed E-state index contributed by atoms with van der Waals surface area (Å²) < 4.78 is 32.4. The molecule has 1 fully saturated rings. The van der Waals surface area contributed by atoms with Gasteiger partial charge in [0.25, 0.3) is 15.7 Å². The maximum absolute atomic E-state index is 12.3. The van der Waals surface area contributed by atoms with Crippen LogP contribution in [0.15, 0.2) is 10.3 Å². The quantitative estimate of drug-likeness (QED) is 0.661. The summed E-state index contributed by atoms with van der Waals surface area (Å²) >= 11 is 6.38. The molecule has 1 saturated heterocycles. The Morgan fingerprint density at radius 3 is 2.76 bits per heavy atom. The highest BCUT2D eigenvalue weighted by Crippen LogP contribution is 2.36. The first-order chi connectivity index (χ1) is 9.61. The highest BCUT2D eigenvalue weighted by Gasteiger charge is 2.33. The van der Waals surface area contributed by atoms with Crippen LogP contribution in [0.5, 0.6) is 0 Å². The number of nitrogens with zero attached hydrogens (tertiary/aromatic N) is 1. The van der Waals surface area contributed by atoms with Crippen LogP contribution in [0.4, 0.5) is 5.69 Å². The molecule has 0 saturated carbocycles. The standard InChI is InChI=1S/C11H15ClN2O5S2/c1-11(2)6-7(3-4-19-11)13-21(17,18)9-5-8(14(15)16)10(12)20-9/h5,7,13H,3-4,6H2,1-2H3. The molecule has 0 aliphatic carbocycles. The van der Waals surface area contributed by atoms with Gasteiger partial charge in [0.15, 0.2) is 4.34 Å². The fourth-order valence-corrected chi connectivity index (χ4v) is 5.16. The van der Waals surface area contributed by atoms with Crippen molar-refractivity contribution in [2.75, 3.05) is 6.61 Å². The van der Waals surface area contributed by atoms with Crippen LogP contribution >= 0.6 is 22.9 Å². The largest absolute Gasteiger partial charge is 0.375 e. The van der Waals surface area contributed by atoms with Gasteiger partial charge in [-0.3, -0.25) is 10.1 Å². The first kappa shape index (κ1) is 16.6. The molecule has 7 nitrogen and oxygen atoms in total. The SMILES string of the molecule is CC1(C)CC(NS(=O)(=O)c2cc([N+](=O)[O-])c(Cl)s2)CCO1. The highest BCUT2D eigenvalue weighted by molar-refractivity contribution is 7.91. The van der Waals surface area contributed by atoms with Crippen LogP contribution in [0, 0.1) is 10.1 Å². The van der Waals surface area contributed by atoms with Crippen molar-refractivity contribution in [3.63, 3.8) is 0 Å². The Morgan fingerprint density at radius 1 is 1.57 bits per heavy atom. The van der Waals surface area contributed by atoms with E-state index in [1.165, 1.54) is 0 Å². The van der Waals surface area contributed by atoms with Crippen LogP contribution < -0.4 is 4.72 Å². The molecule has 2 rings (SSSR count). The lowest BCUT2D eigenvalue weighted by Crippen LogP contribution is -2.45. The number of hydrogen-bond acceptors (Lipinski definition) is 6. The summed E-state index contributed by atoms with van der Waals surface area (Å²) in [5.74, 6) is 0. The van der Waals surface area contributed by atoms with Gasteiger partial charge in [-0.2, -0.15) is 0 Å². The Hall–Kier alpha value is -0.740. The van der Waals surface area contributed by atoms with E-state index in [4.69, 9.17) is 16.3 Å². The van der Waals surface area contributed by atoms with Crippen molar-refractivity contribution < 1.29 is 18.1 Å². The maximum Gasteiger partial charge on any atom is 0.300 e. The maximum atomic E-state index is 12.3. The smallest absolute Gasteiger partial charge is 0.300 e. The van der Waals surface area contributed by atoms with Gasteiger partial charge in [-0.15, -0.1) is 11.3 Å². The van der Waals surface area contributed by atoms with Crippen molar-refractivity contribution in [3.8, 4) is 0 Å². The van der Waals surface area contributed by atoms with Gasteiger partial charge in [0.05, 0.1) is 10.5 Å². The number of nitrogens with one attached hydrogen (secondary N) is 1. The molecule has 1 aliphatic rings. The van der Waals surface area contributed by atoms with E-state index < -0.39 is 26.2 Å². The van der Waals surface area contributed by atoms with Gasteiger partial charge in [0.2, 0.25) is 0 Å². The molecule has 0 radical (unpaired) electrons. The molecule has 1 atom stereocenters. The summed E-state index contributed by atoms with van der Waals surface area (Å²) in [6.45, 7) is 4.24. The third-order valence-corrected chi connectivity index (χ3v) is 6.46. The van der Waals surface area contributed by atoms with Gasteiger partial charge in [0, 0.05) is 18.7 Å². The van der Waals surface area contributed by atoms with E-state index in [2.05, 4.69) is 4.72 Å². The van der Waals surface area contributed by atoms with E-state index >= 15 is 0 Å². The zero-order chi connectivity index (χ0) is 15.8. The second kappa shape index (κ2) is 5.81. The molecule has 21 heavy (non-hydrogen) atoms. The molecule has 2 heterocycles. The van der Waals surface area contributed by atoms with Crippen LogP contribution in [0.2, 0.25) is 4.34 Å². The van der Waals surface area contributed by atoms with Crippen molar-refractivity contribution in [2.45, 2.75) is 42.5 Å². The van der Waals surface area contributed by atoms with Gasteiger partial charge in [0.1, 0.15) is 4.21 Å². The van der Waals surface area contributed by atoms with Crippen molar-refractivity contribution >= 4 is 38.6 Å². The number of hydrogen-bond donors (Lipinski definition) is 1. The number of rotatable bonds is 4. The van der Waals surface area contributed by atoms with E-state index in [-0.39, 0.29) is 14.6 Å². The Balaban J connectivity index is 2.19. The van der Waals surface area contributed by atoms with Gasteiger partial charge in [-0.25, -0.2) is 13.1 Å². The Kier molecular flexibility index (Phi) is 4.60. The average molecular weight is 355 g/mol. The minimum atomic E-state index is -3.82.